The molecule has 2 aromatic rings. The van der Waals surface area contributed by atoms with Gasteiger partial charge < -0.3 is 20.8 Å². The highest BCUT2D eigenvalue weighted by molar-refractivity contribution is 14.0. The number of hydrogen-bond donors (Lipinski definition) is 4. The number of benzene rings is 2. The van der Waals surface area contributed by atoms with E-state index in [1.54, 1.807) is 7.05 Å². The average Bonchev–Trinajstić information content (AvgIpc) is 2.79. The highest BCUT2D eigenvalue weighted by atomic mass is 127. The fourth-order valence-electron chi connectivity index (χ4n) is 3.74. The minimum atomic E-state index is -0.127. The fourth-order valence-corrected chi connectivity index (χ4v) is 3.74. The van der Waals surface area contributed by atoms with E-state index in [1.807, 2.05) is 30.3 Å². The summed E-state index contributed by atoms with van der Waals surface area (Å²) in [7, 11) is 1.75. The zero-order valence-electron chi connectivity index (χ0n) is 18.2. The summed E-state index contributed by atoms with van der Waals surface area (Å²) in [6.45, 7) is 4.25. The number of hydrogen-bond acceptors (Lipinski definition) is 4. The van der Waals surface area contributed by atoms with Crippen LogP contribution in [0.1, 0.15) is 35.4 Å². The second-order valence-corrected chi connectivity index (χ2v) is 7.92. The largest absolute Gasteiger partial charge is 0.396 e. The lowest BCUT2D eigenvalue weighted by molar-refractivity contribution is 0.0792. The first-order valence-corrected chi connectivity index (χ1v) is 10.8. The highest BCUT2D eigenvalue weighted by Crippen LogP contribution is 2.15. The van der Waals surface area contributed by atoms with Crippen LogP contribution < -0.4 is 10.6 Å². The molecule has 7 heteroatoms. The number of aliphatic hydroxyl groups excluding tert-OH is 2. The molecular weight excluding hydrogens is 503 g/mol. The van der Waals surface area contributed by atoms with Gasteiger partial charge in [-0.2, -0.15) is 0 Å². The molecule has 1 aliphatic rings. The Labute approximate surface area is 202 Å². The predicted octanol–water partition coefficient (Wildman–Crippen LogP) is 2.70. The number of piperidine rings is 1. The van der Waals surface area contributed by atoms with E-state index in [2.05, 4.69) is 44.8 Å². The van der Waals surface area contributed by atoms with Crippen LogP contribution in [-0.2, 0) is 13.1 Å². The first-order chi connectivity index (χ1) is 14.7. The Balaban J connectivity index is 0.00000341. The maximum atomic E-state index is 9.71. The maximum Gasteiger partial charge on any atom is 0.191 e. The molecule has 0 spiro atoms. The van der Waals surface area contributed by atoms with E-state index in [1.165, 1.54) is 11.1 Å². The van der Waals surface area contributed by atoms with Crippen molar-refractivity contribution >= 4 is 29.9 Å². The molecule has 1 unspecified atom stereocenters. The van der Waals surface area contributed by atoms with Crippen molar-refractivity contribution in [3.8, 4) is 0 Å². The molecule has 1 saturated heterocycles. The molecule has 2 aromatic carbocycles. The molecule has 0 bridgehead atoms. The van der Waals surface area contributed by atoms with Crippen molar-refractivity contribution in [3.63, 3.8) is 0 Å². The van der Waals surface area contributed by atoms with Gasteiger partial charge in [-0.15, -0.1) is 24.0 Å². The summed E-state index contributed by atoms with van der Waals surface area (Å²) in [5.74, 6) is 0.750. The van der Waals surface area contributed by atoms with E-state index in [0.717, 1.165) is 44.0 Å². The number of aliphatic imine (C=N–C) groups is 1. The summed E-state index contributed by atoms with van der Waals surface area (Å²) in [6, 6.07) is 18.7. The number of halogens is 1. The van der Waals surface area contributed by atoms with Gasteiger partial charge in [0.15, 0.2) is 5.96 Å². The second-order valence-electron chi connectivity index (χ2n) is 7.92. The Morgan fingerprint density at radius 3 is 2.29 bits per heavy atom. The maximum absolute atomic E-state index is 9.71. The molecule has 1 fully saturated rings. The molecule has 0 saturated carbocycles. The van der Waals surface area contributed by atoms with Crippen LogP contribution in [-0.4, -0.2) is 60.5 Å². The van der Waals surface area contributed by atoms with Crippen LogP contribution in [0.15, 0.2) is 59.6 Å². The van der Waals surface area contributed by atoms with E-state index in [4.69, 9.17) is 0 Å². The van der Waals surface area contributed by atoms with E-state index in [9.17, 15) is 10.2 Å². The Morgan fingerprint density at radius 1 is 1.03 bits per heavy atom. The Kier molecular flexibility index (Phi) is 11.3. The van der Waals surface area contributed by atoms with E-state index >= 15 is 0 Å². The van der Waals surface area contributed by atoms with Gasteiger partial charge in [0.1, 0.15) is 0 Å². The number of aliphatic hydroxyl groups is 2. The van der Waals surface area contributed by atoms with Gasteiger partial charge in [-0.05, 0) is 29.5 Å². The second kappa shape index (κ2) is 13.7. The van der Waals surface area contributed by atoms with Gasteiger partial charge in [0.2, 0.25) is 0 Å². The predicted molar refractivity (Wildman–Crippen MR) is 137 cm³/mol. The summed E-state index contributed by atoms with van der Waals surface area (Å²) < 4.78 is 0. The van der Waals surface area contributed by atoms with Crippen LogP contribution in [0.3, 0.4) is 0 Å². The summed E-state index contributed by atoms with van der Waals surface area (Å²) in [5, 5.41) is 26.0. The standard InChI is InChI=1S/C24H34N4O2.HI/c1-25-24(27-16-22(18-29)21-5-3-2-4-6-21)26-15-19-7-9-20(10-8-19)17-28-13-11-23(30)12-14-28;/h2-10,22-23,29-30H,11-18H2,1H3,(H2,25,26,27);1H. The Morgan fingerprint density at radius 2 is 1.68 bits per heavy atom. The SMILES string of the molecule is CN=C(NCc1ccc(CN2CCC(O)CC2)cc1)NCC(CO)c1ccccc1.I. The minimum absolute atomic E-state index is 0. The smallest absolute Gasteiger partial charge is 0.191 e. The van der Waals surface area contributed by atoms with Gasteiger partial charge in [0.25, 0.3) is 0 Å². The van der Waals surface area contributed by atoms with Crippen LogP contribution in [0.5, 0.6) is 0 Å². The molecule has 6 nitrogen and oxygen atoms in total. The molecule has 4 N–H and O–H groups in total. The van der Waals surface area contributed by atoms with Gasteiger partial charge in [0, 0.05) is 45.7 Å². The third-order valence-electron chi connectivity index (χ3n) is 5.68. The quantitative estimate of drug-likeness (QED) is 0.236. The molecule has 3 rings (SSSR count). The molecule has 0 aliphatic carbocycles. The summed E-state index contributed by atoms with van der Waals surface area (Å²) >= 11 is 0. The lowest BCUT2D eigenvalue weighted by Gasteiger charge is -2.29. The van der Waals surface area contributed by atoms with Crippen molar-refractivity contribution in [2.45, 2.75) is 38.0 Å². The number of nitrogens with one attached hydrogen (secondary N) is 2. The van der Waals surface area contributed by atoms with Gasteiger partial charge >= 0.3 is 0 Å². The van der Waals surface area contributed by atoms with Crippen molar-refractivity contribution < 1.29 is 10.2 Å². The third-order valence-corrected chi connectivity index (χ3v) is 5.68. The van der Waals surface area contributed by atoms with E-state index in [-0.39, 0.29) is 42.6 Å². The van der Waals surface area contributed by atoms with Crippen LogP contribution >= 0.6 is 24.0 Å². The zero-order valence-corrected chi connectivity index (χ0v) is 20.5. The number of nitrogens with zero attached hydrogens (tertiary/aromatic N) is 2. The molecule has 170 valence electrons. The number of likely N-dealkylation sites (tertiary alicyclic amines) is 1. The molecule has 0 amide bonds. The monoisotopic (exact) mass is 538 g/mol. The summed E-state index contributed by atoms with van der Waals surface area (Å²) in [5.41, 5.74) is 3.60. The summed E-state index contributed by atoms with van der Waals surface area (Å²) in [6.07, 6.45) is 1.61. The average molecular weight is 538 g/mol. The molecule has 31 heavy (non-hydrogen) atoms. The molecular formula is C24H35IN4O2. The highest BCUT2D eigenvalue weighted by Gasteiger charge is 2.16. The lowest BCUT2D eigenvalue weighted by atomic mass is 10.0. The number of rotatable bonds is 8. The van der Waals surface area contributed by atoms with Crippen LogP contribution in [0.25, 0.3) is 0 Å². The molecule has 1 heterocycles. The summed E-state index contributed by atoms with van der Waals surface area (Å²) in [4.78, 5) is 6.69. The Hall–Kier alpha value is -1.68. The first-order valence-electron chi connectivity index (χ1n) is 10.8. The van der Waals surface area contributed by atoms with Crippen LogP contribution in [0, 0.1) is 0 Å². The van der Waals surface area contributed by atoms with Crippen molar-refractivity contribution in [2.24, 2.45) is 4.99 Å². The van der Waals surface area contributed by atoms with Gasteiger partial charge in [-0.25, -0.2) is 0 Å². The van der Waals surface area contributed by atoms with Crippen LogP contribution in [0.2, 0.25) is 0 Å². The van der Waals surface area contributed by atoms with Gasteiger partial charge in [-0.3, -0.25) is 9.89 Å². The molecule has 0 radical (unpaired) electrons. The molecule has 1 atom stereocenters. The third kappa shape index (κ3) is 8.40. The minimum Gasteiger partial charge on any atom is -0.396 e. The van der Waals surface area contributed by atoms with Crippen molar-refractivity contribution in [3.05, 3.63) is 71.3 Å². The number of guanidine groups is 1. The van der Waals surface area contributed by atoms with E-state index in [0.29, 0.717) is 13.1 Å². The van der Waals surface area contributed by atoms with E-state index < -0.39 is 0 Å². The normalized spacial score (nSPS) is 16.4. The topological polar surface area (TPSA) is 80.1 Å². The van der Waals surface area contributed by atoms with Crippen molar-refractivity contribution in [1.29, 1.82) is 0 Å². The fraction of sp³-hybridized carbons (Fsp3) is 0.458. The molecule has 0 aromatic heterocycles. The molecule has 1 aliphatic heterocycles. The van der Waals surface area contributed by atoms with Crippen molar-refractivity contribution in [2.75, 3.05) is 33.3 Å². The lowest BCUT2D eigenvalue weighted by Crippen LogP contribution is -2.39. The van der Waals surface area contributed by atoms with Crippen LogP contribution in [0.4, 0.5) is 0 Å². The van der Waals surface area contributed by atoms with Crippen molar-refractivity contribution in [1.82, 2.24) is 15.5 Å². The first kappa shape index (κ1) is 25.6. The Bertz CT molecular complexity index is 778. The van der Waals surface area contributed by atoms with Gasteiger partial charge in [0.05, 0.1) is 12.7 Å². The zero-order chi connectivity index (χ0) is 21.2. The van der Waals surface area contributed by atoms with Gasteiger partial charge in [-0.1, -0.05) is 54.6 Å².